The zero-order chi connectivity index (χ0) is 22.7. The molecule has 8 heteroatoms. The van der Waals surface area contributed by atoms with E-state index in [-0.39, 0.29) is 23.5 Å². The molecule has 1 atom stereocenters. The predicted molar refractivity (Wildman–Crippen MR) is 126 cm³/mol. The van der Waals surface area contributed by atoms with Crippen molar-refractivity contribution in [2.45, 2.75) is 49.8 Å². The fourth-order valence-corrected chi connectivity index (χ4v) is 5.25. The maximum absolute atomic E-state index is 13.2. The van der Waals surface area contributed by atoms with Gasteiger partial charge >= 0.3 is 0 Å². The number of thioether (sulfide) groups is 1. The van der Waals surface area contributed by atoms with Gasteiger partial charge in [-0.1, -0.05) is 60.5 Å². The van der Waals surface area contributed by atoms with Crippen LogP contribution in [0.5, 0.6) is 0 Å². The van der Waals surface area contributed by atoms with Crippen LogP contribution in [-0.4, -0.2) is 38.4 Å². The molecule has 0 N–H and O–H groups in total. The molecule has 1 aromatic heterocycles. The first-order valence-electron chi connectivity index (χ1n) is 10.8. The SMILES string of the molecule is CC(c1ccc(F)cc1)N(C)C(=O)CSc1nnc(-c2ccccc2Cl)n1C1CCCC1. The molecule has 0 saturated heterocycles. The Morgan fingerprint density at radius 3 is 2.56 bits per heavy atom. The number of benzene rings is 2. The van der Waals surface area contributed by atoms with E-state index in [1.807, 2.05) is 31.2 Å². The molecule has 2 aromatic carbocycles. The van der Waals surface area contributed by atoms with Crippen molar-refractivity contribution in [2.24, 2.45) is 0 Å². The Morgan fingerprint density at radius 1 is 1.19 bits per heavy atom. The normalized spacial score (nSPS) is 15.1. The van der Waals surface area contributed by atoms with Crippen molar-refractivity contribution in [1.29, 1.82) is 0 Å². The Labute approximate surface area is 197 Å². The Balaban J connectivity index is 1.52. The number of hydrogen-bond donors (Lipinski definition) is 0. The molecule has 1 heterocycles. The van der Waals surface area contributed by atoms with Crippen molar-refractivity contribution in [3.8, 4) is 11.4 Å². The summed E-state index contributed by atoms with van der Waals surface area (Å²) in [5.74, 6) is 0.693. The molecule has 1 saturated carbocycles. The molecule has 32 heavy (non-hydrogen) atoms. The van der Waals surface area contributed by atoms with Crippen molar-refractivity contribution in [2.75, 3.05) is 12.8 Å². The van der Waals surface area contributed by atoms with Gasteiger partial charge in [0.05, 0.1) is 16.8 Å². The van der Waals surface area contributed by atoms with Crippen LogP contribution in [0.15, 0.2) is 53.7 Å². The highest BCUT2D eigenvalue weighted by Gasteiger charge is 2.27. The standard InChI is InChI=1S/C24H26ClFN4OS/c1-16(17-11-13-18(26)14-12-17)29(2)22(31)15-32-24-28-27-23(20-9-5-6-10-21(20)25)30(24)19-7-3-4-8-19/h5-6,9-14,16,19H,3-4,7-8,15H2,1-2H3. The Hall–Kier alpha value is -2.38. The number of amides is 1. The summed E-state index contributed by atoms with van der Waals surface area (Å²) in [5, 5.41) is 10.3. The number of carbonyl (C=O) groups is 1. The summed E-state index contributed by atoms with van der Waals surface area (Å²) in [7, 11) is 1.77. The minimum Gasteiger partial charge on any atom is -0.338 e. The summed E-state index contributed by atoms with van der Waals surface area (Å²) in [6.07, 6.45) is 4.48. The molecular weight excluding hydrogens is 447 g/mol. The zero-order valence-corrected chi connectivity index (χ0v) is 19.7. The lowest BCUT2D eigenvalue weighted by atomic mass is 10.1. The molecule has 1 aliphatic carbocycles. The van der Waals surface area contributed by atoms with Gasteiger partial charge in [-0.3, -0.25) is 9.36 Å². The van der Waals surface area contributed by atoms with Gasteiger partial charge in [-0.25, -0.2) is 4.39 Å². The Morgan fingerprint density at radius 2 is 1.88 bits per heavy atom. The molecule has 0 aliphatic heterocycles. The van der Waals surface area contributed by atoms with Gasteiger partial charge < -0.3 is 4.90 Å². The second kappa shape index (κ2) is 10.0. The van der Waals surface area contributed by atoms with Gasteiger partial charge in [-0.15, -0.1) is 10.2 Å². The highest BCUT2D eigenvalue weighted by atomic mass is 35.5. The largest absolute Gasteiger partial charge is 0.338 e. The first-order valence-corrected chi connectivity index (χ1v) is 12.2. The summed E-state index contributed by atoms with van der Waals surface area (Å²) >= 11 is 7.85. The van der Waals surface area contributed by atoms with Crippen LogP contribution >= 0.6 is 23.4 Å². The molecular formula is C24H26ClFN4OS. The minimum atomic E-state index is -0.286. The smallest absolute Gasteiger partial charge is 0.233 e. The van der Waals surface area contributed by atoms with E-state index >= 15 is 0 Å². The average Bonchev–Trinajstić information content (AvgIpc) is 3.47. The molecule has 4 rings (SSSR count). The summed E-state index contributed by atoms with van der Waals surface area (Å²) in [6, 6.07) is 14.1. The van der Waals surface area contributed by atoms with E-state index in [0.29, 0.717) is 11.1 Å². The van der Waals surface area contributed by atoms with Gasteiger partial charge in [0, 0.05) is 18.7 Å². The molecule has 1 fully saturated rings. The molecule has 3 aromatic rings. The van der Waals surface area contributed by atoms with E-state index in [0.717, 1.165) is 34.9 Å². The van der Waals surface area contributed by atoms with Crippen LogP contribution in [-0.2, 0) is 4.79 Å². The number of halogens is 2. The monoisotopic (exact) mass is 472 g/mol. The highest BCUT2D eigenvalue weighted by Crippen LogP contribution is 2.38. The van der Waals surface area contributed by atoms with E-state index < -0.39 is 0 Å². The third-order valence-electron chi connectivity index (χ3n) is 6.12. The quantitative estimate of drug-likeness (QED) is 0.386. The Bertz CT molecular complexity index is 1080. The zero-order valence-electron chi connectivity index (χ0n) is 18.2. The molecule has 1 aliphatic rings. The summed E-state index contributed by atoms with van der Waals surface area (Å²) < 4.78 is 15.4. The fourth-order valence-electron chi connectivity index (χ4n) is 4.10. The Kier molecular flexibility index (Phi) is 7.16. The second-order valence-corrected chi connectivity index (χ2v) is 9.46. The van der Waals surface area contributed by atoms with Gasteiger partial charge in [0.25, 0.3) is 0 Å². The van der Waals surface area contributed by atoms with Gasteiger partial charge in [0.15, 0.2) is 11.0 Å². The van der Waals surface area contributed by atoms with Crippen molar-refractivity contribution in [3.63, 3.8) is 0 Å². The van der Waals surface area contributed by atoms with Crippen molar-refractivity contribution >= 4 is 29.3 Å². The van der Waals surface area contributed by atoms with Crippen LogP contribution in [0.3, 0.4) is 0 Å². The topological polar surface area (TPSA) is 51.0 Å². The van der Waals surface area contributed by atoms with Crippen LogP contribution in [0, 0.1) is 5.82 Å². The van der Waals surface area contributed by atoms with Gasteiger partial charge in [-0.05, 0) is 49.6 Å². The second-order valence-electron chi connectivity index (χ2n) is 8.12. The molecule has 1 unspecified atom stereocenters. The maximum Gasteiger partial charge on any atom is 0.233 e. The average molecular weight is 473 g/mol. The van der Waals surface area contributed by atoms with E-state index in [1.165, 1.54) is 36.7 Å². The number of nitrogens with zero attached hydrogens (tertiary/aromatic N) is 4. The number of aromatic nitrogens is 3. The van der Waals surface area contributed by atoms with Crippen LogP contribution < -0.4 is 0 Å². The molecule has 0 bridgehead atoms. The van der Waals surface area contributed by atoms with E-state index in [9.17, 15) is 9.18 Å². The predicted octanol–water partition coefficient (Wildman–Crippen LogP) is 6.16. The third-order valence-corrected chi connectivity index (χ3v) is 7.38. The summed E-state index contributed by atoms with van der Waals surface area (Å²) in [5.41, 5.74) is 1.75. The first kappa shape index (κ1) is 22.8. The van der Waals surface area contributed by atoms with Crippen molar-refractivity contribution in [3.05, 3.63) is 64.9 Å². The third kappa shape index (κ3) is 4.84. The summed E-state index contributed by atoms with van der Waals surface area (Å²) in [6.45, 7) is 1.94. The van der Waals surface area contributed by atoms with Crippen LogP contribution in [0.25, 0.3) is 11.4 Å². The van der Waals surface area contributed by atoms with Gasteiger partial charge in [-0.2, -0.15) is 0 Å². The van der Waals surface area contributed by atoms with Gasteiger partial charge in [0.2, 0.25) is 5.91 Å². The number of carbonyl (C=O) groups excluding carboxylic acids is 1. The molecule has 1 amide bonds. The van der Waals surface area contributed by atoms with Crippen molar-refractivity contribution in [1.82, 2.24) is 19.7 Å². The molecule has 0 radical (unpaired) electrons. The lowest BCUT2D eigenvalue weighted by molar-refractivity contribution is -0.128. The molecule has 0 spiro atoms. The lowest BCUT2D eigenvalue weighted by Crippen LogP contribution is -2.31. The van der Waals surface area contributed by atoms with E-state index in [4.69, 9.17) is 11.6 Å². The number of hydrogen-bond acceptors (Lipinski definition) is 4. The minimum absolute atomic E-state index is 0.0212. The maximum atomic E-state index is 13.2. The first-order chi connectivity index (χ1) is 15.5. The molecule has 5 nitrogen and oxygen atoms in total. The summed E-state index contributed by atoms with van der Waals surface area (Å²) in [4.78, 5) is 14.6. The van der Waals surface area contributed by atoms with Crippen LogP contribution in [0.1, 0.15) is 50.3 Å². The van der Waals surface area contributed by atoms with Gasteiger partial charge in [0.1, 0.15) is 5.82 Å². The fraction of sp³-hybridized carbons (Fsp3) is 0.375. The van der Waals surface area contributed by atoms with Crippen LogP contribution in [0.2, 0.25) is 5.02 Å². The lowest BCUT2D eigenvalue weighted by Gasteiger charge is -2.25. The molecule has 168 valence electrons. The van der Waals surface area contributed by atoms with Crippen LogP contribution in [0.4, 0.5) is 4.39 Å². The number of rotatable bonds is 7. The van der Waals surface area contributed by atoms with E-state index in [1.54, 1.807) is 24.1 Å². The highest BCUT2D eigenvalue weighted by molar-refractivity contribution is 7.99. The van der Waals surface area contributed by atoms with E-state index in [2.05, 4.69) is 14.8 Å². The van der Waals surface area contributed by atoms with Crippen molar-refractivity contribution < 1.29 is 9.18 Å².